The number of esters is 1. The minimum atomic E-state index is -0.148. The molecule has 1 aliphatic heterocycles. The van der Waals surface area contributed by atoms with Crippen LogP contribution in [0.15, 0.2) is 24.3 Å². The molecule has 0 radical (unpaired) electrons. The summed E-state index contributed by atoms with van der Waals surface area (Å²) in [5.41, 5.74) is 2.58. The van der Waals surface area contributed by atoms with Crippen LogP contribution in [0.1, 0.15) is 24.0 Å². The maximum atomic E-state index is 11.3. The Balaban J connectivity index is 2.15. The molecule has 1 fully saturated rings. The zero-order valence-electron chi connectivity index (χ0n) is 10.4. The van der Waals surface area contributed by atoms with Crippen LogP contribution in [0.4, 0.5) is 0 Å². The Hall–Kier alpha value is -1.35. The summed E-state index contributed by atoms with van der Waals surface area (Å²) in [6.45, 7) is 3.51. The van der Waals surface area contributed by atoms with Crippen LogP contribution < -0.4 is 0 Å². The van der Waals surface area contributed by atoms with Gasteiger partial charge in [0.25, 0.3) is 0 Å². The summed E-state index contributed by atoms with van der Waals surface area (Å²) in [4.78, 5) is 11.3. The molecule has 0 spiro atoms. The first-order valence-corrected chi connectivity index (χ1v) is 5.89. The lowest BCUT2D eigenvalue weighted by molar-refractivity contribution is -0.142. The number of methoxy groups -OCH3 is 1. The molecule has 0 aliphatic carbocycles. The van der Waals surface area contributed by atoms with Crippen LogP contribution in [0.3, 0.4) is 0 Å². The molecule has 0 N–H and O–H groups in total. The predicted molar refractivity (Wildman–Crippen MR) is 64.9 cm³/mol. The van der Waals surface area contributed by atoms with Gasteiger partial charge in [-0.3, -0.25) is 4.79 Å². The van der Waals surface area contributed by atoms with Crippen LogP contribution in [0.25, 0.3) is 0 Å². The van der Waals surface area contributed by atoms with Crippen molar-refractivity contribution in [2.75, 3.05) is 20.3 Å². The van der Waals surface area contributed by atoms with Crippen LogP contribution >= 0.6 is 0 Å². The van der Waals surface area contributed by atoms with Crippen LogP contribution in [-0.4, -0.2) is 26.3 Å². The zero-order chi connectivity index (χ0) is 12.3. The van der Waals surface area contributed by atoms with Crippen molar-refractivity contribution in [3.63, 3.8) is 0 Å². The molecule has 1 heterocycles. The quantitative estimate of drug-likeness (QED) is 0.749. The molecule has 0 atom stereocenters. The van der Waals surface area contributed by atoms with Gasteiger partial charge in [-0.05, 0) is 24.5 Å². The zero-order valence-corrected chi connectivity index (χ0v) is 10.4. The number of ether oxygens (including phenoxy) is 2. The first kappa shape index (κ1) is 12.1. The number of carbonyl (C=O) groups excluding carboxylic acids is 1. The van der Waals surface area contributed by atoms with Crippen LogP contribution in [0.5, 0.6) is 0 Å². The maximum absolute atomic E-state index is 11.3. The Labute approximate surface area is 102 Å². The summed E-state index contributed by atoms with van der Waals surface area (Å²) in [5.74, 6) is -0.148. The van der Waals surface area contributed by atoms with Crippen molar-refractivity contribution in [1.29, 1.82) is 0 Å². The number of benzene rings is 1. The van der Waals surface area contributed by atoms with Crippen molar-refractivity contribution in [2.24, 2.45) is 0 Å². The minimum absolute atomic E-state index is 0.0134. The van der Waals surface area contributed by atoms with Gasteiger partial charge in [-0.15, -0.1) is 0 Å². The molecule has 0 aromatic heterocycles. The van der Waals surface area contributed by atoms with E-state index in [2.05, 4.69) is 19.1 Å². The van der Waals surface area contributed by atoms with Gasteiger partial charge in [-0.1, -0.05) is 24.3 Å². The van der Waals surface area contributed by atoms with E-state index in [-0.39, 0.29) is 11.4 Å². The normalized spacial score (nSPS) is 17.3. The predicted octanol–water partition coefficient (Wildman–Crippen LogP) is 2.22. The Morgan fingerprint density at radius 3 is 2.65 bits per heavy atom. The molecule has 3 heteroatoms. The fourth-order valence-electron chi connectivity index (χ4n) is 2.39. The van der Waals surface area contributed by atoms with Gasteiger partial charge in [-0.25, -0.2) is 0 Å². The van der Waals surface area contributed by atoms with Gasteiger partial charge in [0.1, 0.15) is 0 Å². The van der Waals surface area contributed by atoms with Crippen LogP contribution in [-0.2, 0) is 19.7 Å². The summed E-state index contributed by atoms with van der Waals surface area (Å²) >= 11 is 0. The van der Waals surface area contributed by atoms with E-state index in [1.807, 2.05) is 12.1 Å². The molecular formula is C14H18O3. The molecule has 0 saturated carbocycles. The Kier molecular flexibility index (Phi) is 3.48. The van der Waals surface area contributed by atoms with E-state index in [1.165, 1.54) is 18.2 Å². The number of hydrogen-bond acceptors (Lipinski definition) is 3. The van der Waals surface area contributed by atoms with Crippen molar-refractivity contribution >= 4 is 5.97 Å². The molecule has 2 rings (SSSR count). The van der Waals surface area contributed by atoms with E-state index in [4.69, 9.17) is 9.47 Å². The molecule has 17 heavy (non-hydrogen) atoms. The summed E-state index contributed by atoms with van der Waals surface area (Å²) in [5, 5.41) is 0. The molecule has 1 aliphatic rings. The summed E-state index contributed by atoms with van der Waals surface area (Å²) in [7, 11) is 1.43. The fraction of sp³-hybridized carbons (Fsp3) is 0.500. The second-order valence-electron chi connectivity index (χ2n) is 4.66. The molecule has 0 amide bonds. The van der Waals surface area contributed by atoms with Gasteiger partial charge < -0.3 is 9.47 Å². The van der Waals surface area contributed by atoms with E-state index in [9.17, 15) is 4.79 Å². The van der Waals surface area contributed by atoms with Crippen molar-refractivity contribution < 1.29 is 14.3 Å². The van der Waals surface area contributed by atoms with Crippen molar-refractivity contribution in [1.82, 2.24) is 0 Å². The smallest absolute Gasteiger partial charge is 0.305 e. The highest BCUT2D eigenvalue weighted by molar-refractivity contribution is 5.69. The SMILES string of the molecule is COC(=O)CCC1(c2ccccc2C)COC1. The van der Waals surface area contributed by atoms with Gasteiger partial charge in [0.15, 0.2) is 0 Å². The second-order valence-corrected chi connectivity index (χ2v) is 4.66. The van der Waals surface area contributed by atoms with Crippen molar-refractivity contribution in [3.05, 3.63) is 35.4 Å². The molecule has 0 bridgehead atoms. The van der Waals surface area contributed by atoms with Gasteiger partial charge in [0.05, 0.1) is 20.3 Å². The highest BCUT2D eigenvalue weighted by atomic mass is 16.5. The molecule has 1 saturated heterocycles. The third-order valence-corrected chi connectivity index (χ3v) is 3.51. The first-order chi connectivity index (χ1) is 8.18. The highest BCUT2D eigenvalue weighted by Crippen LogP contribution is 2.38. The van der Waals surface area contributed by atoms with Crippen molar-refractivity contribution in [2.45, 2.75) is 25.2 Å². The average Bonchev–Trinajstić information content (AvgIpc) is 2.29. The highest BCUT2D eigenvalue weighted by Gasteiger charge is 2.41. The molecule has 0 unspecified atom stereocenters. The molecule has 3 nitrogen and oxygen atoms in total. The topological polar surface area (TPSA) is 35.5 Å². The van der Waals surface area contributed by atoms with E-state index < -0.39 is 0 Å². The molecular weight excluding hydrogens is 216 g/mol. The second kappa shape index (κ2) is 4.88. The average molecular weight is 234 g/mol. The van der Waals surface area contributed by atoms with E-state index in [0.29, 0.717) is 19.6 Å². The van der Waals surface area contributed by atoms with Crippen LogP contribution in [0.2, 0.25) is 0 Å². The maximum Gasteiger partial charge on any atom is 0.305 e. The lowest BCUT2D eigenvalue weighted by atomic mass is 9.73. The Bertz CT molecular complexity index is 408. The van der Waals surface area contributed by atoms with E-state index in [0.717, 1.165) is 6.42 Å². The monoisotopic (exact) mass is 234 g/mol. The van der Waals surface area contributed by atoms with Crippen LogP contribution in [0, 0.1) is 6.92 Å². The summed E-state index contributed by atoms with van der Waals surface area (Å²) < 4.78 is 10.1. The molecule has 1 aromatic rings. The fourth-order valence-corrected chi connectivity index (χ4v) is 2.39. The lowest BCUT2D eigenvalue weighted by Crippen LogP contribution is -2.47. The largest absolute Gasteiger partial charge is 0.469 e. The first-order valence-electron chi connectivity index (χ1n) is 5.89. The van der Waals surface area contributed by atoms with Gasteiger partial charge in [-0.2, -0.15) is 0 Å². The number of rotatable bonds is 4. The standard InChI is InChI=1S/C14H18O3/c1-11-5-3-4-6-12(11)14(9-17-10-14)8-7-13(15)16-2/h3-6H,7-10H2,1-2H3. The lowest BCUT2D eigenvalue weighted by Gasteiger charge is -2.42. The number of carbonyl (C=O) groups is 1. The molecule has 1 aromatic carbocycles. The van der Waals surface area contributed by atoms with E-state index in [1.54, 1.807) is 0 Å². The third kappa shape index (κ3) is 2.34. The minimum Gasteiger partial charge on any atom is -0.469 e. The number of hydrogen-bond donors (Lipinski definition) is 0. The Morgan fingerprint density at radius 1 is 1.41 bits per heavy atom. The van der Waals surface area contributed by atoms with Gasteiger partial charge in [0, 0.05) is 11.8 Å². The molecule has 92 valence electrons. The summed E-state index contributed by atoms with van der Waals surface area (Å²) in [6.07, 6.45) is 1.25. The number of aryl methyl sites for hydroxylation is 1. The van der Waals surface area contributed by atoms with Crippen molar-refractivity contribution in [3.8, 4) is 0 Å². The third-order valence-electron chi connectivity index (χ3n) is 3.51. The van der Waals surface area contributed by atoms with Gasteiger partial charge >= 0.3 is 5.97 Å². The van der Waals surface area contributed by atoms with Gasteiger partial charge in [0.2, 0.25) is 0 Å². The van der Waals surface area contributed by atoms with E-state index >= 15 is 0 Å². The Morgan fingerprint density at radius 2 is 2.12 bits per heavy atom. The summed E-state index contributed by atoms with van der Waals surface area (Å²) in [6, 6.07) is 8.32.